The highest BCUT2D eigenvalue weighted by Gasteiger charge is 2.39. The van der Waals surface area contributed by atoms with E-state index in [1.807, 2.05) is 24.3 Å². The largest absolute Gasteiger partial charge is 0.340 e. The number of carbonyl (C=O) groups is 1. The highest BCUT2D eigenvalue weighted by atomic mass is 32.2. The molecular weight excluding hydrogens is 356 g/mol. The third-order valence-corrected chi connectivity index (χ3v) is 7.21. The van der Waals surface area contributed by atoms with Gasteiger partial charge in [0.1, 0.15) is 12.9 Å². The maximum Gasteiger partial charge on any atom is 0.244 e. The quantitative estimate of drug-likeness (QED) is 0.748. The number of likely N-dealkylation sites (tertiary alicyclic amines) is 1. The first kappa shape index (κ1) is 17.0. The van der Waals surface area contributed by atoms with Crippen molar-refractivity contribution < 1.29 is 13.2 Å². The highest BCUT2D eigenvalue weighted by Crippen LogP contribution is 2.33. The van der Waals surface area contributed by atoms with E-state index in [0.29, 0.717) is 25.9 Å². The lowest BCUT2D eigenvalue weighted by molar-refractivity contribution is -0.132. The van der Waals surface area contributed by atoms with Gasteiger partial charge in [-0.05, 0) is 41.3 Å². The zero-order valence-electron chi connectivity index (χ0n) is 14.2. The van der Waals surface area contributed by atoms with Gasteiger partial charge in [0.05, 0.1) is 10.9 Å². The Kier molecular flexibility index (Phi) is 4.35. The molecular formula is C16H20N6O3S. The van der Waals surface area contributed by atoms with E-state index in [1.54, 1.807) is 4.90 Å². The number of hydrogen-bond donors (Lipinski definition) is 0. The van der Waals surface area contributed by atoms with Gasteiger partial charge in [-0.25, -0.2) is 13.1 Å². The van der Waals surface area contributed by atoms with E-state index in [-0.39, 0.29) is 19.0 Å². The van der Waals surface area contributed by atoms with Crippen LogP contribution in [0.1, 0.15) is 18.4 Å². The first-order chi connectivity index (χ1) is 12.6. The molecule has 1 atom stereocenters. The summed E-state index contributed by atoms with van der Waals surface area (Å²) < 4.78 is 29.2. The summed E-state index contributed by atoms with van der Waals surface area (Å²) in [5.41, 5.74) is 1.82. The number of benzene rings is 1. The first-order valence-electron chi connectivity index (χ1n) is 8.64. The van der Waals surface area contributed by atoms with Gasteiger partial charge >= 0.3 is 0 Å². The fourth-order valence-corrected chi connectivity index (χ4v) is 5.64. The fourth-order valence-electron chi connectivity index (χ4n) is 3.65. The van der Waals surface area contributed by atoms with Crippen molar-refractivity contribution in [2.75, 3.05) is 23.9 Å². The van der Waals surface area contributed by atoms with Crippen LogP contribution in [0.5, 0.6) is 0 Å². The number of fused-ring (bicyclic) bond motifs is 1. The van der Waals surface area contributed by atoms with E-state index in [0.717, 1.165) is 17.7 Å². The summed E-state index contributed by atoms with van der Waals surface area (Å²) in [5, 5.41) is 10.1. The molecule has 2 aliphatic rings. The third-order valence-electron chi connectivity index (χ3n) is 4.99. The second-order valence-electron chi connectivity index (χ2n) is 6.61. The SMILES string of the molecule is O=C(Cn1cnnn1)N1CCC[C@@H](S(=O)(=O)N2CCc3ccccc32)C1. The van der Waals surface area contributed by atoms with E-state index in [1.165, 1.54) is 15.3 Å². The maximum absolute atomic E-state index is 13.2. The van der Waals surface area contributed by atoms with Gasteiger partial charge in [0.2, 0.25) is 15.9 Å². The minimum atomic E-state index is -3.51. The number of piperidine rings is 1. The summed E-state index contributed by atoms with van der Waals surface area (Å²) in [7, 11) is -3.51. The van der Waals surface area contributed by atoms with Crippen LogP contribution in [0.15, 0.2) is 30.6 Å². The average molecular weight is 376 g/mol. The molecule has 1 aromatic carbocycles. The van der Waals surface area contributed by atoms with Gasteiger partial charge in [-0.15, -0.1) is 5.10 Å². The smallest absolute Gasteiger partial charge is 0.244 e. The van der Waals surface area contributed by atoms with Crippen molar-refractivity contribution in [3.05, 3.63) is 36.2 Å². The van der Waals surface area contributed by atoms with Gasteiger partial charge in [0.25, 0.3) is 0 Å². The third kappa shape index (κ3) is 3.05. The first-order valence-corrected chi connectivity index (χ1v) is 10.1. The maximum atomic E-state index is 13.2. The molecule has 1 saturated heterocycles. The van der Waals surface area contributed by atoms with Gasteiger partial charge in [0.15, 0.2) is 0 Å². The van der Waals surface area contributed by atoms with Crippen molar-refractivity contribution >= 4 is 21.6 Å². The summed E-state index contributed by atoms with van der Waals surface area (Å²) in [4.78, 5) is 14.1. The Morgan fingerprint density at radius 2 is 2.08 bits per heavy atom. The van der Waals surface area contributed by atoms with Crippen LogP contribution in [-0.2, 0) is 27.8 Å². The average Bonchev–Trinajstić information content (AvgIpc) is 3.31. The lowest BCUT2D eigenvalue weighted by atomic mass is 10.1. The molecule has 0 saturated carbocycles. The minimum Gasteiger partial charge on any atom is -0.340 e. The number of rotatable bonds is 4. The minimum absolute atomic E-state index is 0.0202. The van der Waals surface area contributed by atoms with E-state index >= 15 is 0 Å². The molecule has 1 fully saturated rings. The molecule has 10 heteroatoms. The Balaban J connectivity index is 1.49. The Morgan fingerprint density at radius 1 is 1.23 bits per heavy atom. The van der Waals surface area contributed by atoms with Crippen molar-refractivity contribution in [1.29, 1.82) is 0 Å². The van der Waals surface area contributed by atoms with Crippen LogP contribution in [0.4, 0.5) is 5.69 Å². The number of carbonyl (C=O) groups excluding carboxylic acids is 1. The van der Waals surface area contributed by atoms with Gasteiger partial charge in [-0.3, -0.25) is 9.10 Å². The van der Waals surface area contributed by atoms with Gasteiger partial charge in [-0.1, -0.05) is 18.2 Å². The van der Waals surface area contributed by atoms with E-state index in [9.17, 15) is 13.2 Å². The molecule has 1 amide bonds. The number of tetrazole rings is 1. The van der Waals surface area contributed by atoms with Crippen LogP contribution >= 0.6 is 0 Å². The van der Waals surface area contributed by atoms with Crippen molar-refractivity contribution in [2.45, 2.75) is 31.1 Å². The number of hydrogen-bond acceptors (Lipinski definition) is 6. The molecule has 0 radical (unpaired) electrons. The standard InChI is InChI=1S/C16H20N6O3S/c23-16(11-21-12-17-18-19-21)20-8-3-5-14(10-20)26(24,25)22-9-7-13-4-1-2-6-15(13)22/h1-2,4,6,12,14H,3,5,7-11H2/t14-/m1/s1. The zero-order valence-corrected chi connectivity index (χ0v) is 15.0. The summed E-state index contributed by atoms with van der Waals surface area (Å²) >= 11 is 0. The fraction of sp³-hybridized carbons (Fsp3) is 0.500. The van der Waals surface area contributed by atoms with Crippen LogP contribution in [0.3, 0.4) is 0 Å². The van der Waals surface area contributed by atoms with Crippen molar-refractivity contribution in [2.24, 2.45) is 0 Å². The molecule has 138 valence electrons. The molecule has 3 heterocycles. The Hall–Kier alpha value is -2.49. The summed E-state index contributed by atoms with van der Waals surface area (Å²) in [6, 6.07) is 7.60. The lowest BCUT2D eigenvalue weighted by Crippen LogP contribution is -2.50. The number of para-hydroxylation sites is 1. The van der Waals surface area contributed by atoms with E-state index in [2.05, 4.69) is 15.5 Å². The summed E-state index contributed by atoms with van der Waals surface area (Å²) in [5.74, 6) is -0.168. The molecule has 4 rings (SSSR count). The number of nitrogens with zero attached hydrogens (tertiary/aromatic N) is 6. The molecule has 2 aliphatic heterocycles. The monoisotopic (exact) mass is 376 g/mol. The van der Waals surface area contributed by atoms with Crippen molar-refractivity contribution in [1.82, 2.24) is 25.1 Å². The van der Waals surface area contributed by atoms with Crippen LogP contribution in [0, 0.1) is 0 Å². The molecule has 1 aromatic heterocycles. The van der Waals surface area contributed by atoms with E-state index < -0.39 is 15.3 Å². The van der Waals surface area contributed by atoms with Crippen LogP contribution in [0.25, 0.3) is 0 Å². The molecule has 0 aliphatic carbocycles. The zero-order chi connectivity index (χ0) is 18.1. The van der Waals surface area contributed by atoms with E-state index in [4.69, 9.17) is 0 Å². The topological polar surface area (TPSA) is 101 Å². The number of aromatic nitrogens is 4. The van der Waals surface area contributed by atoms with Crippen molar-refractivity contribution in [3.63, 3.8) is 0 Å². The lowest BCUT2D eigenvalue weighted by Gasteiger charge is -2.35. The molecule has 26 heavy (non-hydrogen) atoms. The Morgan fingerprint density at radius 3 is 2.88 bits per heavy atom. The molecule has 0 unspecified atom stereocenters. The summed E-state index contributed by atoms with van der Waals surface area (Å²) in [6.07, 6.45) is 3.33. The normalized spacial score (nSPS) is 20.2. The Bertz CT molecular complexity index is 898. The molecule has 9 nitrogen and oxygen atoms in total. The molecule has 0 spiro atoms. The molecule has 2 aromatic rings. The van der Waals surface area contributed by atoms with Crippen LogP contribution < -0.4 is 4.31 Å². The van der Waals surface area contributed by atoms with Gasteiger partial charge in [0, 0.05) is 19.6 Å². The number of amides is 1. The van der Waals surface area contributed by atoms with Crippen LogP contribution in [0.2, 0.25) is 0 Å². The molecule has 0 bridgehead atoms. The number of sulfonamides is 1. The van der Waals surface area contributed by atoms with Gasteiger partial charge in [-0.2, -0.15) is 0 Å². The van der Waals surface area contributed by atoms with Crippen LogP contribution in [-0.4, -0.2) is 64.3 Å². The number of anilines is 1. The summed E-state index contributed by atoms with van der Waals surface area (Å²) in [6.45, 7) is 1.26. The predicted molar refractivity (Wildman–Crippen MR) is 93.8 cm³/mol. The van der Waals surface area contributed by atoms with Gasteiger partial charge < -0.3 is 4.90 Å². The highest BCUT2D eigenvalue weighted by molar-refractivity contribution is 7.93. The Labute approximate surface area is 151 Å². The molecule has 0 N–H and O–H groups in total. The second-order valence-corrected chi connectivity index (χ2v) is 8.74. The van der Waals surface area contributed by atoms with Crippen molar-refractivity contribution in [3.8, 4) is 0 Å². The predicted octanol–water partition coefficient (Wildman–Crippen LogP) is 0.0566. The second kappa shape index (κ2) is 6.67.